The van der Waals surface area contributed by atoms with Gasteiger partial charge in [0.15, 0.2) is 0 Å². The number of halogens is 1. The number of aliphatic hydroxyl groups is 1. The largest absolute Gasteiger partial charge is 0.396 e. The van der Waals surface area contributed by atoms with E-state index in [0.717, 1.165) is 11.3 Å². The molecule has 2 aromatic carbocycles. The summed E-state index contributed by atoms with van der Waals surface area (Å²) in [4.78, 5) is 0. The van der Waals surface area contributed by atoms with Crippen LogP contribution in [0.2, 0.25) is 5.02 Å². The van der Waals surface area contributed by atoms with Crippen LogP contribution in [0.1, 0.15) is 29.7 Å². The molecule has 2 unspecified atom stereocenters. The molecule has 2 nitrogen and oxygen atoms in total. The van der Waals surface area contributed by atoms with Gasteiger partial charge in [0.05, 0.1) is 6.61 Å². The fraction of sp³-hybridized carbons (Fsp3) is 0.238. The van der Waals surface area contributed by atoms with Crippen LogP contribution in [0.5, 0.6) is 0 Å². The van der Waals surface area contributed by atoms with E-state index < -0.39 is 0 Å². The van der Waals surface area contributed by atoms with Crippen molar-refractivity contribution in [3.05, 3.63) is 94.8 Å². The van der Waals surface area contributed by atoms with Crippen LogP contribution in [0.25, 0.3) is 0 Å². The Morgan fingerprint density at radius 3 is 2.12 bits per heavy atom. The molecule has 0 bridgehead atoms. The first-order valence-electron chi connectivity index (χ1n) is 8.11. The maximum atomic E-state index is 10.3. The average Bonchev–Trinajstić information content (AvgIpc) is 3.02. The second-order valence-corrected chi connectivity index (χ2v) is 6.79. The standard InChI is InChI=1S/C21H22ClNO/c1-21(16-7-4-3-5-8-16,17-10-12-18(22)13-11-17)19(15-24)20-9-6-14-23(20)2/h3-14,19,24H,15H2,1-2H3. The Balaban J connectivity index is 2.22. The number of aryl methyl sites for hydroxylation is 1. The Morgan fingerprint density at radius 2 is 1.58 bits per heavy atom. The molecule has 1 aromatic heterocycles. The highest BCUT2D eigenvalue weighted by atomic mass is 35.5. The molecule has 0 spiro atoms. The normalized spacial score (nSPS) is 15.0. The number of aromatic nitrogens is 1. The Labute approximate surface area is 148 Å². The quantitative estimate of drug-likeness (QED) is 0.712. The van der Waals surface area contributed by atoms with Gasteiger partial charge in [-0.05, 0) is 35.4 Å². The molecule has 2 atom stereocenters. The van der Waals surface area contributed by atoms with Crippen molar-refractivity contribution in [1.82, 2.24) is 4.57 Å². The highest BCUT2D eigenvalue weighted by Crippen LogP contribution is 2.44. The summed E-state index contributed by atoms with van der Waals surface area (Å²) in [5.41, 5.74) is 3.05. The lowest BCUT2D eigenvalue weighted by Crippen LogP contribution is -2.35. The molecule has 3 aromatic rings. The predicted molar refractivity (Wildman–Crippen MR) is 99.6 cm³/mol. The van der Waals surface area contributed by atoms with Gasteiger partial charge in [0.25, 0.3) is 0 Å². The fourth-order valence-corrected chi connectivity index (χ4v) is 3.68. The summed E-state index contributed by atoms with van der Waals surface area (Å²) >= 11 is 6.09. The topological polar surface area (TPSA) is 25.2 Å². The Hall–Kier alpha value is -2.03. The maximum Gasteiger partial charge on any atom is 0.0525 e. The van der Waals surface area contributed by atoms with E-state index in [1.54, 1.807) is 0 Å². The number of benzene rings is 2. The molecule has 124 valence electrons. The molecule has 0 radical (unpaired) electrons. The number of rotatable bonds is 5. The fourth-order valence-electron chi connectivity index (χ4n) is 3.56. The van der Waals surface area contributed by atoms with Crippen molar-refractivity contribution < 1.29 is 5.11 Å². The summed E-state index contributed by atoms with van der Waals surface area (Å²) in [5.74, 6) is -0.0684. The van der Waals surface area contributed by atoms with Gasteiger partial charge in [-0.25, -0.2) is 0 Å². The molecule has 3 rings (SSSR count). The maximum absolute atomic E-state index is 10.3. The second kappa shape index (κ2) is 6.84. The zero-order valence-corrected chi connectivity index (χ0v) is 14.7. The van der Waals surface area contributed by atoms with Gasteiger partial charge in [-0.3, -0.25) is 0 Å². The molecule has 0 saturated heterocycles. The number of aliphatic hydroxyl groups excluding tert-OH is 1. The smallest absolute Gasteiger partial charge is 0.0525 e. The molecule has 0 fully saturated rings. The predicted octanol–water partition coefficient (Wildman–Crippen LogP) is 4.76. The molecule has 3 heteroatoms. The third-order valence-corrected chi connectivity index (χ3v) is 5.29. The zero-order chi connectivity index (χ0) is 17.2. The summed E-state index contributed by atoms with van der Waals surface area (Å²) in [5, 5.41) is 11.0. The van der Waals surface area contributed by atoms with Crippen LogP contribution in [0.15, 0.2) is 72.9 Å². The second-order valence-electron chi connectivity index (χ2n) is 6.35. The number of nitrogens with zero attached hydrogens (tertiary/aromatic N) is 1. The van der Waals surface area contributed by atoms with Crippen molar-refractivity contribution >= 4 is 11.6 Å². The molecule has 0 saturated carbocycles. The van der Waals surface area contributed by atoms with E-state index in [4.69, 9.17) is 11.6 Å². The molecule has 0 aliphatic heterocycles. The van der Waals surface area contributed by atoms with Gasteiger partial charge >= 0.3 is 0 Å². The van der Waals surface area contributed by atoms with Crippen LogP contribution in [0.3, 0.4) is 0 Å². The minimum absolute atomic E-state index is 0.0614. The third-order valence-electron chi connectivity index (χ3n) is 5.04. The van der Waals surface area contributed by atoms with Crippen molar-refractivity contribution in [2.24, 2.45) is 7.05 Å². The van der Waals surface area contributed by atoms with Crippen molar-refractivity contribution in [2.75, 3.05) is 6.61 Å². The first-order valence-corrected chi connectivity index (χ1v) is 8.49. The Kier molecular flexibility index (Phi) is 4.79. The monoisotopic (exact) mass is 339 g/mol. The lowest BCUT2D eigenvalue weighted by Gasteiger charge is -2.38. The molecule has 24 heavy (non-hydrogen) atoms. The summed E-state index contributed by atoms with van der Waals surface area (Å²) < 4.78 is 2.08. The first-order chi connectivity index (χ1) is 11.6. The van der Waals surface area contributed by atoms with E-state index in [0.29, 0.717) is 5.02 Å². The minimum Gasteiger partial charge on any atom is -0.396 e. The van der Waals surface area contributed by atoms with E-state index in [9.17, 15) is 5.11 Å². The molecule has 1 heterocycles. The minimum atomic E-state index is -0.368. The average molecular weight is 340 g/mol. The zero-order valence-electron chi connectivity index (χ0n) is 14.0. The van der Waals surface area contributed by atoms with E-state index >= 15 is 0 Å². The SMILES string of the molecule is Cn1cccc1C(CO)C(C)(c1ccccc1)c1ccc(Cl)cc1. The Morgan fingerprint density at radius 1 is 0.958 bits per heavy atom. The van der Waals surface area contributed by atoms with Crippen molar-refractivity contribution in [2.45, 2.75) is 18.3 Å². The van der Waals surface area contributed by atoms with Gasteiger partial charge in [0.2, 0.25) is 0 Å². The van der Waals surface area contributed by atoms with Gasteiger partial charge in [-0.15, -0.1) is 0 Å². The van der Waals surface area contributed by atoms with Crippen molar-refractivity contribution in [3.63, 3.8) is 0 Å². The molecule has 0 aliphatic carbocycles. The molecule has 1 N–H and O–H groups in total. The van der Waals surface area contributed by atoms with Crippen molar-refractivity contribution in [1.29, 1.82) is 0 Å². The summed E-state index contributed by atoms with van der Waals surface area (Å²) in [6.07, 6.45) is 2.02. The summed E-state index contributed by atoms with van der Waals surface area (Å²) in [6.45, 7) is 2.26. The van der Waals surface area contributed by atoms with Crippen molar-refractivity contribution in [3.8, 4) is 0 Å². The molecule has 0 amide bonds. The third kappa shape index (κ3) is 2.88. The summed E-state index contributed by atoms with van der Waals surface area (Å²) in [7, 11) is 2.02. The first kappa shape index (κ1) is 16.8. The van der Waals surface area contributed by atoms with E-state index in [1.165, 1.54) is 5.56 Å². The highest BCUT2D eigenvalue weighted by Gasteiger charge is 2.39. The van der Waals surface area contributed by atoms with Crippen LogP contribution in [0.4, 0.5) is 0 Å². The number of hydrogen-bond donors (Lipinski definition) is 1. The van der Waals surface area contributed by atoms with Crippen LogP contribution in [-0.4, -0.2) is 16.3 Å². The van der Waals surface area contributed by atoms with Crippen LogP contribution < -0.4 is 0 Å². The van der Waals surface area contributed by atoms with Gasteiger partial charge in [0.1, 0.15) is 0 Å². The van der Waals surface area contributed by atoms with Gasteiger partial charge in [-0.1, -0.05) is 61.0 Å². The van der Waals surface area contributed by atoms with Gasteiger partial charge in [-0.2, -0.15) is 0 Å². The van der Waals surface area contributed by atoms with Crippen LogP contribution in [0, 0.1) is 0 Å². The lowest BCUT2D eigenvalue weighted by molar-refractivity contribution is 0.222. The van der Waals surface area contributed by atoms with Gasteiger partial charge in [0, 0.05) is 35.3 Å². The van der Waals surface area contributed by atoms with Gasteiger partial charge < -0.3 is 9.67 Å². The molecular weight excluding hydrogens is 318 g/mol. The molecule has 0 aliphatic rings. The lowest BCUT2D eigenvalue weighted by atomic mass is 9.66. The van der Waals surface area contributed by atoms with E-state index in [-0.39, 0.29) is 17.9 Å². The molecular formula is C21H22ClNO. The van der Waals surface area contributed by atoms with Crippen LogP contribution >= 0.6 is 11.6 Å². The van der Waals surface area contributed by atoms with Crippen LogP contribution in [-0.2, 0) is 12.5 Å². The summed E-state index contributed by atoms with van der Waals surface area (Å²) in [6, 6.07) is 22.4. The highest BCUT2D eigenvalue weighted by molar-refractivity contribution is 6.30. The van der Waals surface area contributed by atoms with E-state index in [1.807, 2.05) is 49.6 Å². The number of hydrogen-bond acceptors (Lipinski definition) is 1. The van der Waals surface area contributed by atoms with E-state index in [2.05, 4.69) is 41.8 Å². The Bertz CT molecular complexity index is 794.